The minimum absolute atomic E-state index is 0.530. The molecule has 0 spiro atoms. The zero-order valence-corrected chi connectivity index (χ0v) is 16.0. The highest BCUT2D eigenvalue weighted by Gasteiger charge is 2.12. The molecule has 0 aliphatic rings. The standard InChI is InChI=1S/C22H21N3S/c1-14(2)16-9-11-18(12-10-16)25-21-19-13-20(17-7-5-4-6-8-17)26-22(19)24-15(3)23-21/h4-14H,1-3H3,(H,23,24,25). The minimum atomic E-state index is 0.530. The first-order valence-electron chi connectivity index (χ1n) is 8.81. The van der Waals surface area contributed by atoms with Crippen LogP contribution in [0.3, 0.4) is 0 Å². The lowest BCUT2D eigenvalue weighted by Gasteiger charge is -2.10. The van der Waals surface area contributed by atoms with E-state index in [0.717, 1.165) is 27.5 Å². The van der Waals surface area contributed by atoms with Gasteiger partial charge in [0.25, 0.3) is 0 Å². The van der Waals surface area contributed by atoms with Gasteiger partial charge < -0.3 is 5.32 Å². The number of hydrogen-bond donors (Lipinski definition) is 1. The zero-order chi connectivity index (χ0) is 18.1. The average molecular weight is 359 g/mol. The molecule has 0 saturated carbocycles. The van der Waals surface area contributed by atoms with Gasteiger partial charge in [-0.25, -0.2) is 9.97 Å². The molecule has 0 radical (unpaired) electrons. The maximum atomic E-state index is 4.65. The van der Waals surface area contributed by atoms with E-state index in [4.69, 9.17) is 0 Å². The number of fused-ring (bicyclic) bond motifs is 1. The summed E-state index contributed by atoms with van der Waals surface area (Å²) in [6.45, 7) is 6.35. The molecule has 0 bridgehead atoms. The molecule has 26 heavy (non-hydrogen) atoms. The summed E-state index contributed by atoms with van der Waals surface area (Å²) >= 11 is 1.70. The molecule has 0 aliphatic carbocycles. The van der Waals surface area contributed by atoms with Crippen molar-refractivity contribution in [1.82, 2.24) is 9.97 Å². The molecule has 0 fully saturated rings. The molecule has 2 heterocycles. The largest absolute Gasteiger partial charge is 0.340 e. The molecule has 0 saturated heterocycles. The van der Waals surface area contributed by atoms with Gasteiger partial charge in [0.15, 0.2) is 0 Å². The Morgan fingerprint density at radius 1 is 0.923 bits per heavy atom. The second-order valence-corrected chi connectivity index (χ2v) is 7.75. The maximum absolute atomic E-state index is 4.65. The van der Waals surface area contributed by atoms with E-state index >= 15 is 0 Å². The van der Waals surface area contributed by atoms with Gasteiger partial charge in [0, 0.05) is 10.6 Å². The molecular formula is C22H21N3S. The third-order valence-corrected chi connectivity index (χ3v) is 5.48. The number of nitrogens with one attached hydrogen (secondary N) is 1. The SMILES string of the molecule is Cc1nc(Nc2ccc(C(C)C)cc2)c2cc(-c3ccccc3)sc2n1. The van der Waals surface area contributed by atoms with Crippen LogP contribution in [0, 0.1) is 6.92 Å². The van der Waals surface area contributed by atoms with Crippen LogP contribution in [0.15, 0.2) is 60.7 Å². The normalized spacial score (nSPS) is 11.2. The molecule has 4 heteroatoms. The van der Waals surface area contributed by atoms with Gasteiger partial charge in [0.05, 0.1) is 5.39 Å². The number of aromatic nitrogens is 2. The Balaban J connectivity index is 1.73. The fourth-order valence-corrected chi connectivity index (χ4v) is 4.04. The van der Waals surface area contributed by atoms with Gasteiger partial charge in [0.1, 0.15) is 16.5 Å². The van der Waals surface area contributed by atoms with Crippen LogP contribution >= 0.6 is 11.3 Å². The summed E-state index contributed by atoms with van der Waals surface area (Å²) < 4.78 is 0. The summed E-state index contributed by atoms with van der Waals surface area (Å²) in [5, 5.41) is 4.54. The number of hydrogen-bond acceptors (Lipinski definition) is 4. The molecule has 2 aromatic carbocycles. The van der Waals surface area contributed by atoms with Gasteiger partial charge in [0.2, 0.25) is 0 Å². The molecule has 130 valence electrons. The maximum Gasteiger partial charge on any atom is 0.142 e. The van der Waals surface area contributed by atoms with E-state index in [1.165, 1.54) is 16.0 Å². The van der Waals surface area contributed by atoms with Gasteiger partial charge >= 0.3 is 0 Å². The van der Waals surface area contributed by atoms with Crippen molar-refractivity contribution in [2.45, 2.75) is 26.7 Å². The topological polar surface area (TPSA) is 37.8 Å². The quantitative estimate of drug-likeness (QED) is 0.450. The smallest absolute Gasteiger partial charge is 0.142 e. The summed E-state index contributed by atoms with van der Waals surface area (Å²) in [4.78, 5) is 11.5. The lowest BCUT2D eigenvalue weighted by Crippen LogP contribution is -1.98. The van der Waals surface area contributed by atoms with Crippen LogP contribution in [0.4, 0.5) is 11.5 Å². The zero-order valence-electron chi connectivity index (χ0n) is 15.2. The Hall–Kier alpha value is -2.72. The van der Waals surface area contributed by atoms with E-state index in [2.05, 4.69) is 83.7 Å². The predicted molar refractivity (Wildman–Crippen MR) is 111 cm³/mol. The van der Waals surface area contributed by atoms with Gasteiger partial charge in [-0.3, -0.25) is 0 Å². The predicted octanol–water partition coefficient (Wildman–Crippen LogP) is 6.53. The Bertz CT molecular complexity index is 1030. The molecule has 1 N–H and O–H groups in total. The van der Waals surface area contributed by atoms with Crippen molar-refractivity contribution in [1.29, 1.82) is 0 Å². The van der Waals surface area contributed by atoms with Gasteiger partial charge in [-0.15, -0.1) is 11.3 Å². The van der Waals surface area contributed by atoms with Crippen LogP contribution < -0.4 is 5.32 Å². The molecule has 0 amide bonds. The van der Waals surface area contributed by atoms with Crippen molar-refractivity contribution in [3.8, 4) is 10.4 Å². The molecule has 0 atom stereocenters. The number of thiophene rings is 1. The van der Waals surface area contributed by atoms with Gasteiger partial charge in [-0.05, 0) is 42.2 Å². The Morgan fingerprint density at radius 2 is 1.65 bits per heavy atom. The summed E-state index contributed by atoms with van der Waals surface area (Å²) in [6, 6.07) is 21.2. The molecule has 3 nitrogen and oxygen atoms in total. The second kappa shape index (κ2) is 6.89. The lowest BCUT2D eigenvalue weighted by atomic mass is 10.0. The second-order valence-electron chi connectivity index (χ2n) is 6.72. The number of aryl methyl sites for hydroxylation is 1. The van der Waals surface area contributed by atoms with Crippen LogP contribution in [-0.4, -0.2) is 9.97 Å². The molecule has 2 aromatic heterocycles. The summed E-state index contributed by atoms with van der Waals surface area (Å²) in [5.74, 6) is 2.17. The van der Waals surface area contributed by atoms with E-state index in [1.807, 2.05) is 13.0 Å². The lowest BCUT2D eigenvalue weighted by molar-refractivity contribution is 0.867. The fraction of sp³-hybridized carbons (Fsp3) is 0.182. The van der Waals surface area contributed by atoms with Gasteiger partial charge in [-0.2, -0.15) is 0 Å². The summed E-state index contributed by atoms with van der Waals surface area (Å²) in [7, 11) is 0. The first kappa shape index (κ1) is 16.7. The number of anilines is 2. The Labute approximate surface area is 157 Å². The van der Waals surface area contributed by atoms with Crippen LogP contribution in [0.5, 0.6) is 0 Å². The van der Waals surface area contributed by atoms with Crippen molar-refractivity contribution in [3.63, 3.8) is 0 Å². The van der Waals surface area contributed by atoms with E-state index in [0.29, 0.717) is 5.92 Å². The van der Waals surface area contributed by atoms with Gasteiger partial charge in [-0.1, -0.05) is 56.3 Å². The highest BCUT2D eigenvalue weighted by atomic mass is 32.1. The number of nitrogens with zero attached hydrogens (tertiary/aromatic N) is 2. The highest BCUT2D eigenvalue weighted by Crippen LogP contribution is 2.36. The number of benzene rings is 2. The highest BCUT2D eigenvalue weighted by molar-refractivity contribution is 7.21. The van der Waals surface area contributed by atoms with Crippen molar-refractivity contribution in [2.24, 2.45) is 0 Å². The van der Waals surface area contributed by atoms with Crippen LogP contribution in [0.1, 0.15) is 31.2 Å². The molecular weight excluding hydrogens is 338 g/mol. The van der Waals surface area contributed by atoms with E-state index in [-0.39, 0.29) is 0 Å². The van der Waals surface area contributed by atoms with E-state index in [1.54, 1.807) is 11.3 Å². The monoisotopic (exact) mass is 359 g/mol. The molecule has 4 aromatic rings. The first-order valence-corrected chi connectivity index (χ1v) is 9.62. The fourth-order valence-electron chi connectivity index (χ4n) is 2.96. The summed E-state index contributed by atoms with van der Waals surface area (Å²) in [5.41, 5.74) is 3.59. The van der Waals surface area contributed by atoms with Crippen molar-refractivity contribution in [3.05, 3.63) is 72.1 Å². The average Bonchev–Trinajstić information content (AvgIpc) is 3.07. The Morgan fingerprint density at radius 3 is 2.35 bits per heavy atom. The molecule has 4 rings (SSSR count). The van der Waals surface area contributed by atoms with Crippen molar-refractivity contribution < 1.29 is 0 Å². The third-order valence-electron chi connectivity index (χ3n) is 4.40. The number of rotatable bonds is 4. The molecule has 0 unspecified atom stereocenters. The third kappa shape index (κ3) is 3.33. The summed E-state index contributed by atoms with van der Waals surface area (Å²) in [6.07, 6.45) is 0. The van der Waals surface area contributed by atoms with Crippen LogP contribution in [0.25, 0.3) is 20.7 Å². The van der Waals surface area contributed by atoms with Crippen LogP contribution in [0.2, 0.25) is 0 Å². The van der Waals surface area contributed by atoms with E-state index in [9.17, 15) is 0 Å². The van der Waals surface area contributed by atoms with Crippen molar-refractivity contribution in [2.75, 3.05) is 5.32 Å². The Kier molecular flexibility index (Phi) is 4.43. The van der Waals surface area contributed by atoms with E-state index < -0.39 is 0 Å². The minimum Gasteiger partial charge on any atom is -0.340 e. The molecule has 0 aliphatic heterocycles. The first-order chi connectivity index (χ1) is 12.6. The van der Waals surface area contributed by atoms with Crippen molar-refractivity contribution >= 4 is 33.1 Å². The van der Waals surface area contributed by atoms with Crippen LogP contribution in [-0.2, 0) is 0 Å².